The number of methoxy groups -OCH3 is 2. The van der Waals surface area contributed by atoms with Crippen LogP contribution in [0, 0.1) is 5.82 Å². The average molecular weight is 555 g/mol. The second-order valence-electron chi connectivity index (χ2n) is 9.76. The molecule has 2 aromatic rings. The van der Waals surface area contributed by atoms with Crippen molar-refractivity contribution in [3.05, 3.63) is 70.7 Å². The van der Waals surface area contributed by atoms with Crippen LogP contribution in [0.2, 0.25) is 0 Å². The molecular weight excluding hydrogens is 519 g/mol. The van der Waals surface area contributed by atoms with E-state index in [0.29, 0.717) is 53.5 Å². The molecule has 2 aromatic carbocycles. The summed E-state index contributed by atoms with van der Waals surface area (Å²) >= 11 is 0. The summed E-state index contributed by atoms with van der Waals surface area (Å²) in [7, 11) is 4.66. The molecule has 1 saturated heterocycles. The zero-order chi connectivity index (χ0) is 29.0. The highest BCUT2D eigenvalue weighted by molar-refractivity contribution is 5.95. The Bertz CT molecular complexity index is 1290. The van der Waals surface area contributed by atoms with Crippen LogP contribution >= 0.6 is 0 Å². The number of likely N-dealkylation sites (N-methyl/N-ethyl adjacent to an activating group) is 1. The first-order valence-electron chi connectivity index (χ1n) is 13.1. The van der Waals surface area contributed by atoms with Gasteiger partial charge in [-0.3, -0.25) is 14.6 Å². The number of benzene rings is 2. The number of esters is 1. The topological polar surface area (TPSA) is 101 Å². The van der Waals surface area contributed by atoms with E-state index in [4.69, 9.17) is 14.2 Å². The number of rotatable bonds is 8. The van der Waals surface area contributed by atoms with E-state index < -0.39 is 17.8 Å². The molecule has 0 saturated carbocycles. The summed E-state index contributed by atoms with van der Waals surface area (Å²) in [6.45, 7) is 5.49. The van der Waals surface area contributed by atoms with Crippen LogP contribution in [0.25, 0.3) is 0 Å². The van der Waals surface area contributed by atoms with Crippen molar-refractivity contribution in [3.8, 4) is 11.5 Å². The molecule has 2 atom stereocenters. The number of carbonyl (C=O) groups excluding carboxylic acids is 3. The van der Waals surface area contributed by atoms with Gasteiger partial charge in [0.25, 0.3) is 5.91 Å². The summed E-state index contributed by atoms with van der Waals surface area (Å²) in [6.07, 6.45) is 0. The highest BCUT2D eigenvalue weighted by atomic mass is 19.1. The highest BCUT2D eigenvalue weighted by Crippen LogP contribution is 2.35. The molecule has 1 N–H and O–H groups in total. The molecule has 2 aliphatic heterocycles. The van der Waals surface area contributed by atoms with E-state index in [2.05, 4.69) is 10.2 Å². The molecule has 2 heterocycles. The highest BCUT2D eigenvalue weighted by Gasteiger charge is 2.39. The molecule has 0 radical (unpaired) electrons. The number of nitrogens with zero attached hydrogens (tertiary/aromatic N) is 3. The first-order chi connectivity index (χ1) is 19.2. The molecule has 0 bridgehead atoms. The molecule has 2 unspecified atom stereocenters. The third kappa shape index (κ3) is 6.04. The third-order valence-corrected chi connectivity index (χ3v) is 7.20. The largest absolute Gasteiger partial charge is 0.497 e. The lowest BCUT2D eigenvalue weighted by Gasteiger charge is -2.42. The Hall–Kier alpha value is -4.12. The van der Waals surface area contributed by atoms with Gasteiger partial charge in [0.1, 0.15) is 17.3 Å². The van der Waals surface area contributed by atoms with Crippen LogP contribution in [0.3, 0.4) is 0 Å². The predicted molar refractivity (Wildman–Crippen MR) is 146 cm³/mol. The van der Waals surface area contributed by atoms with Crippen molar-refractivity contribution in [2.24, 2.45) is 0 Å². The molecular formula is C29H35FN4O6. The standard InChI is InChI=1S/C29H35FN4O6/c1-6-40-28(36)25-24(32(3)29(37)31-26(25)20-13-22(38-4)15-23(14-20)39-5)17-33-10-11-34(18(2)16-33)27(35)19-8-7-9-21(30)12-19/h7-9,12-15,18,26H,6,10-11,16-17H2,1-5H3,(H,31,37). The van der Waals surface area contributed by atoms with E-state index in [1.807, 2.05) is 6.92 Å². The van der Waals surface area contributed by atoms with Crippen LogP contribution < -0.4 is 14.8 Å². The van der Waals surface area contributed by atoms with E-state index in [1.54, 1.807) is 43.1 Å². The molecule has 2 aliphatic rings. The van der Waals surface area contributed by atoms with Crippen molar-refractivity contribution in [1.82, 2.24) is 20.0 Å². The van der Waals surface area contributed by atoms with Gasteiger partial charge in [-0.2, -0.15) is 0 Å². The van der Waals surface area contributed by atoms with Gasteiger partial charge in [-0.15, -0.1) is 0 Å². The van der Waals surface area contributed by atoms with Crippen LogP contribution in [0.4, 0.5) is 9.18 Å². The maximum absolute atomic E-state index is 13.7. The van der Waals surface area contributed by atoms with Gasteiger partial charge in [-0.05, 0) is 49.7 Å². The monoisotopic (exact) mass is 554 g/mol. The average Bonchev–Trinajstić information content (AvgIpc) is 2.94. The summed E-state index contributed by atoms with van der Waals surface area (Å²) in [4.78, 5) is 44.8. The van der Waals surface area contributed by atoms with E-state index in [-0.39, 0.29) is 31.1 Å². The third-order valence-electron chi connectivity index (χ3n) is 7.20. The van der Waals surface area contributed by atoms with Gasteiger partial charge in [0.2, 0.25) is 0 Å². The van der Waals surface area contributed by atoms with Gasteiger partial charge < -0.3 is 24.4 Å². The molecule has 11 heteroatoms. The molecule has 3 amide bonds. The van der Waals surface area contributed by atoms with E-state index in [9.17, 15) is 18.8 Å². The maximum atomic E-state index is 13.7. The van der Waals surface area contributed by atoms with Gasteiger partial charge >= 0.3 is 12.0 Å². The molecule has 0 aliphatic carbocycles. The Balaban J connectivity index is 1.64. The quantitative estimate of drug-likeness (QED) is 0.500. The Morgan fingerprint density at radius 2 is 1.77 bits per heavy atom. The number of nitrogens with one attached hydrogen (secondary N) is 1. The van der Waals surface area contributed by atoms with Crippen LogP contribution in [0.1, 0.15) is 35.8 Å². The van der Waals surface area contributed by atoms with Gasteiger partial charge in [0, 0.05) is 56.6 Å². The minimum Gasteiger partial charge on any atom is -0.497 e. The first kappa shape index (κ1) is 28.9. The number of piperazine rings is 1. The molecule has 4 rings (SSSR count). The normalized spacial score (nSPS) is 19.8. The minimum atomic E-state index is -0.796. The van der Waals surface area contributed by atoms with Crippen molar-refractivity contribution in [2.45, 2.75) is 25.9 Å². The molecule has 1 fully saturated rings. The molecule has 0 aromatic heterocycles. The lowest BCUT2D eigenvalue weighted by atomic mass is 9.93. The summed E-state index contributed by atoms with van der Waals surface area (Å²) in [5, 5.41) is 2.91. The lowest BCUT2D eigenvalue weighted by molar-refractivity contribution is -0.139. The smallest absolute Gasteiger partial charge is 0.338 e. The number of amides is 3. The van der Waals surface area contributed by atoms with Crippen molar-refractivity contribution in [2.75, 3.05) is 54.1 Å². The fourth-order valence-corrected chi connectivity index (χ4v) is 5.12. The van der Waals surface area contributed by atoms with Crippen LogP contribution in [-0.2, 0) is 9.53 Å². The molecule has 214 valence electrons. The number of halogens is 1. The van der Waals surface area contributed by atoms with Crippen LogP contribution in [0.5, 0.6) is 11.5 Å². The van der Waals surface area contributed by atoms with Crippen molar-refractivity contribution in [3.63, 3.8) is 0 Å². The van der Waals surface area contributed by atoms with E-state index in [0.717, 1.165) is 0 Å². The van der Waals surface area contributed by atoms with E-state index in [1.165, 1.54) is 37.3 Å². The van der Waals surface area contributed by atoms with Gasteiger partial charge in [-0.25, -0.2) is 14.0 Å². The van der Waals surface area contributed by atoms with E-state index >= 15 is 0 Å². The predicted octanol–water partition coefficient (Wildman–Crippen LogP) is 3.20. The number of ether oxygens (including phenoxy) is 3. The second-order valence-corrected chi connectivity index (χ2v) is 9.76. The zero-order valence-electron chi connectivity index (χ0n) is 23.4. The summed E-state index contributed by atoms with van der Waals surface area (Å²) < 4.78 is 30.0. The number of urea groups is 1. The maximum Gasteiger partial charge on any atom is 0.338 e. The van der Waals surface area contributed by atoms with Crippen LogP contribution in [-0.4, -0.2) is 92.7 Å². The van der Waals surface area contributed by atoms with Gasteiger partial charge in [-0.1, -0.05) is 6.07 Å². The summed E-state index contributed by atoms with van der Waals surface area (Å²) in [6, 6.07) is 9.51. The number of carbonyl (C=O) groups is 3. The summed E-state index contributed by atoms with van der Waals surface area (Å²) in [5.74, 6) is -0.207. The van der Waals surface area contributed by atoms with Gasteiger partial charge in [0.15, 0.2) is 0 Å². The number of hydrogen-bond acceptors (Lipinski definition) is 7. The summed E-state index contributed by atoms with van der Waals surface area (Å²) in [5.41, 5.74) is 1.72. The fourth-order valence-electron chi connectivity index (χ4n) is 5.12. The second kappa shape index (κ2) is 12.4. The zero-order valence-corrected chi connectivity index (χ0v) is 23.4. The molecule has 10 nitrogen and oxygen atoms in total. The van der Waals surface area contributed by atoms with Crippen molar-refractivity contribution >= 4 is 17.9 Å². The Labute approximate surface area is 233 Å². The molecule has 0 spiro atoms. The van der Waals surface area contributed by atoms with Crippen molar-refractivity contribution in [1.29, 1.82) is 0 Å². The Morgan fingerprint density at radius 3 is 2.38 bits per heavy atom. The number of hydrogen-bond donors (Lipinski definition) is 1. The lowest BCUT2D eigenvalue weighted by Crippen LogP contribution is -2.56. The van der Waals surface area contributed by atoms with Crippen LogP contribution in [0.15, 0.2) is 53.7 Å². The Morgan fingerprint density at radius 1 is 1.07 bits per heavy atom. The fraction of sp³-hybridized carbons (Fsp3) is 0.414. The Kier molecular flexibility index (Phi) is 8.93. The van der Waals surface area contributed by atoms with Gasteiger partial charge in [0.05, 0.1) is 32.4 Å². The SMILES string of the molecule is CCOC(=O)C1=C(CN2CCN(C(=O)c3cccc(F)c3)C(C)C2)N(C)C(=O)NC1c1cc(OC)cc(OC)c1. The minimum absolute atomic E-state index is 0.166. The molecule has 40 heavy (non-hydrogen) atoms. The van der Waals surface area contributed by atoms with Crippen molar-refractivity contribution < 1.29 is 33.0 Å². The first-order valence-corrected chi connectivity index (χ1v) is 13.1.